The van der Waals surface area contributed by atoms with Crippen molar-refractivity contribution in [1.29, 1.82) is 0 Å². The summed E-state index contributed by atoms with van der Waals surface area (Å²) in [5.74, 6) is -4.94. The van der Waals surface area contributed by atoms with E-state index in [0.717, 1.165) is 10.5 Å². The van der Waals surface area contributed by atoms with Gasteiger partial charge >= 0.3 is 12.3 Å². The van der Waals surface area contributed by atoms with Crippen LogP contribution in [0.15, 0.2) is 30.5 Å². The smallest absolute Gasteiger partial charge is 0.383 e. The van der Waals surface area contributed by atoms with E-state index in [0.29, 0.717) is 23.1 Å². The number of hydrogen-bond donors (Lipinski definition) is 0. The van der Waals surface area contributed by atoms with Crippen molar-refractivity contribution < 1.29 is 31.8 Å². The van der Waals surface area contributed by atoms with Gasteiger partial charge in [0.1, 0.15) is 0 Å². The normalized spacial score (nSPS) is 16.4. The molecule has 1 aromatic carbocycles. The summed E-state index contributed by atoms with van der Waals surface area (Å²) in [5, 5.41) is 0. The average Bonchev–Trinajstić information content (AvgIpc) is 3.21. The number of hydrogen-bond acceptors (Lipinski definition) is 6. The van der Waals surface area contributed by atoms with E-state index in [9.17, 15) is 22.4 Å². The molecule has 0 aliphatic carbocycles. The Morgan fingerprint density at radius 2 is 1.79 bits per heavy atom. The Morgan fingerprint density at radius 3 is 2.52 bits per heavy atom. The molecule has 0 atom stereocenters. The third kappa shape index (κ3) is 3.64. The standard InChI is InChI=1S/C18H16F4N4O3/c19-15(20)18(21,22)16(27)25-5-7-26(8-6-25)17-23-4-3-12(24-17)11-1-2-13-14(9-11)29-10-28-13/h1-4,9,15H,5-8,10H2. The molecule has 0 bridgehead atoms. The largest absolute Gasteiger partial charge is 0.454 e. The van der Waals surface area contributed by atoms with E-state index in [1.54, 1.807) is 29.3 Å². The van der Waals surface area contributed by atoms with Crippen LogP contribution in [-0.4, -0.2) is 66.1 Å². The van der Waals surface area contributed by atoms with Gasteiger partial charge in [0.2, 0.25) is 12.7 Å². The second-order valence-electron chi connectivity index (χ2n) is 6.51. The minimum Gasteiger partial charge on any atom is -0.454 e. The second kappa shape index (κ2) is 7.37. The Balaban J connectivity index is 1.46. The van der Waals surface area contributed by atoms with Gasteiger partial charge in [-0.2, -0.15) is 8.78 Å². The Bertz CT molecular complexity index is 920. The summed E-state index contributed by atoms with van der Waals surface area (Å²) in [4.78, 5) is 22.8. The van der Waals surface area contributed by atoms with Gasteiger partial charge in [0.25, 0.3) is 5.91 Å². The van der Waals surface area contributed by atoms with Crippen LogP contribution < -0.4 is 14.4 Å². The highest BCUT2D eigenvalue weighted by molar-refractivity contribution is 5.84. The first-order valence-corrected chi connectivity index (χ1v) is 8.79. The highest BCUT2D eigenvalue weighted by Gasteiger charge is 2.51. The molecule has 0 unspecified atom stereocenters. The van der Waals surface area contributed by atoms with E-state index in [4.69, 9.17) is 9.47 Å². The van der Waals surface area contributed by atoms with Crippen LogP contribution in [0.4, 0.5) is 23.5 Å². The zero-order chi connectivity index (χ0) is 20.6. The maximum Gasteiger partial charge on any atom is 0.383 e. The van der Waals surface area contributed by atoms with Crippen molar-refractivity contribution in [3.8, 4) is 22.8 Å². The summed E-state index contributed by atoms with van der Waals surface area (Å²) in [7, 11) is 0. The highest BCUT2D eigenvalue weighted by Crippen LogP contribution is 2.35. The number of aromatic nitrogens is 2. The fourth-order valence-corrected chi connectivity index (χ4v) is 3.13. The minimum absolute atomic E-state index is 0.126. The lowest BCUT2D eigenvalue weighted by molar-refractivity contribution is -0.180. The topological polar surface area (TPSA) is 67.8 Å². The monoisotopic (exact) mass is 412 g/mol. The summed E-state index contributed by atoms with van der Waals surface area (Å²) in [6.07, 6.45) is -2.47. The molecule has 1 saturated heterocycles. The Morgan fingerprint density at radius 1 is 1.07 bits per heavy atom. The van der Waals surface area contributed by atoms with E-state index >= 15 is 0 Å². The number of anilines is 1. The zero-order valence-corrected chi connectivity index (χ0v) is 15.0. The molecule has 0 saturated carbocycles. The van der Waals surface area contributed by atoms with Crippen LogP contribution in [0.25, 0.3) is 11.3 Å². The maximum atomic E-state index is 13.3. The van der Waals surface area contributed by atoms with Gasteiger partial charge < -0.3 is 19.3 Å². The van der Waals surface area contributed by atoms with Crippen molar-refractivity contribution in [2.24, 2.45) is 0 Å². The molecule has 1 amide bonds. The molecule has 1 fully saturated rings. The van der Waals surface area contributed by atoms with Gasteiger partial charge in [-0.25, -0.2) is 18.7 Å². The van der Waals surface area contributed by atoms with Crippen LogP contribution >= 0.6 is 0 Å². The van der Waals surface area contributed by atoms with E-state index in [1.165, 1.54) is 0 Å². The number of ether oxygens (including phenoxy) is 2. The summed E-state index contributed by atoms with van der Waals surface area (Å²) in [6.45, 7) is 0.199. The van der Waals surface area contributed by atoms with Crippen molar-refractivity contribution in [2.45, 2.75) is 12.3 Å². The summed E-state index contributed by atoms with van der Waals surface area (Å²) < 4.78 is 62.0. The number of fused-ring (bicyclic) bond motifs is 1. The first kappa shape index (κ1) is 19.2. The summed E-state index contributed by atoms with van der Waals surface area (Å²) in [6, 6.07) is 7.09. The number of alkyl halides is 4. The number of piperazine rings is 1. The number of halogens is 4. The van der Waals surface area contributed by atoms with Crippen LogP contribution in [0, 0.1) is 0 Å². The van der Waals surface area contributed by atoms with Crippen molar-refractivity contribution in [3.63, 3.8) is 0 Å². The fraction of sp³-hybridized carbons (Fsp3) is 0.389. The lowest BCUT2D eigenvalue weighted by Gasteiger charge is -2.36. The van der Waals surface area contributed by atoms with Crippen LogP contribution in [0.3, 0.4) is 0 Å². The van der Waals surface area contributed by atoms with Crippen LogP contribution in [0.2, 0.25) is 0 Å². The van der Waals surface area contributed by atoms with Crippen LogP contribution in [0.5, 0.6) is 11.5 Å². The molecule has 11 heteroatoms. The molecule has 2 aliphatic heterocycles. The van der Waals surface area contributed by atoms with Gasteiger partial charge in [-0.05, 0) is 24.3 Å². The van der Waals surface area contributed by atoms with Gasteiger partial charge in [-0.15, -0.1) is 0 Å². The number of rotatable bonds is 4. The van der Waals surface area contributed by atoms with Crippen molar-refractivity contribution in [2.75, 3.05) is 37.9 Å². The van der Waals surface area contributed by atoms with E-state index in [-0.39, 0.29) is 33.0 Å². The van der Waals surface area contributed by atoms with Gasteiger partial charge in [-0.3, -0.25) is 4.79 Å². The molecule has 154 valence electrons. The zero-order valence-electron chi connectivity index (χ0n) is 15.0. The number of carbonyl (C=O) groups is 1. The third-order valence-electron chi connectivity index (χ3n) is 4.72. The average molecular weight is 412 g/mol. The molecule has 1 aromatic heterocycles. The van der Waals surface area contributed by atoms with Crippen molar-refractivity contribution >= 4 is 11.9 Å². The van der Waals surface area contributed by atoms with Crippen molar-refractivity contribution in [1.82, 2.24) is 14.9 Å². The number of nitrogens with zero attached hydrogens (tertiary/aromatic N) is 4. The van der Waals surface area contributed by atoms with Crippen molar-refractivity contribution in [3.05, 3.63) is 30.5 Å². The molecule has 2 aromatic rings. The molecule has 4 rings (SSSR count). The number of benzene rings is 1. The van der Waals surface area contributed by atoms with E-state index < -0.39 is 18.3 Å². The van der Waals surface area contributed by atoms with Crippen LogP contribution in [-0.2, 0) is 4.79 Å². The second-order valence-corrected chi connectivity index (χ2v) is 6.51. The minimum atomic E-state index is -4.68. The lowest BCUT2D eigenvalue weighted by atomic mass is 10.1. The van der Waals surface area contributed by atoms with E-state index in [1.807, 2.05) is 6.07 Å². The molecular weight excluding hydrogens is 396 g/mol. The quantitative estimate of drug-likeness (QED) is 0.719. The predicted molar refractivity (Wildman–Crippen MR) is 93.3 cm³/mol. The maximum absolute atomic E-state index is 13.3. The highest BCUT2D eigenvalue weighted by atomic mass is 19.3. The first-order valence-electron chi connectivity index (χ1n) is 8.79. The molecule has 0 radical (unpaired) electrons. The van der Waals surface area contributed by atoms with Gasteiger partial charge in [0.15, 0.2) is 11.5 Å². The molecular formula is C18H16F4N4O3. The molecule has 29 heavy (non-hydrogen) atoms. The summed E-state index contributed by atoms with van der Waals surface area (Å²) in [5.41, 5.74) is 1.40. The Hall–Kier alpha value is -3.11. The molecule has 2 aliphatic rings. The molecule has 7 nitrogen and oxygen atoms in total. The number of carbonyl (C=O) groups excluding carboxylic acids is 1. The Kier molecular flexibility index (Phi) is 4.89. The SMILES string of the molecule is O=C(N1CCN(c2nccc(-c3ccc4c(c3)OCO4)n2)CC1)C(F)(F)C(F)F. The fourth-order valence-electron chi connectivity index (χ4n) is 3.13. The first-order chi connectivity index (χ1) is 13.9. The Labute approximate surface area is 162 Å². The molecule has 0 spiro atoms. The van der Waals surface area contributed by atoms with Gasteiger partial charge in [0, 0.05) is 37.9 Å². The third-order valence-corrected chi connectivity index (χ3v) is 4.72. The van der Waals surface area contributed by atoms with Gasteiger partial charge in [-0.1, -0.05) is 0 Å². The molecule has 3 heterocycles. The van der Waals surface area contributed by atoms with E-state index in [2.05, 4.69) is 9.97 Å². The lowest BCUT2D eigenvalue weighted by Crippen LogP contribution is -2.55. The number of amides is 1. The van der Waals surface area contributed by atoms with Crippen LogP contribution in [0.1, 0.15) is 0 Å². The molecule has 0 N–H and O–H groups in total. The van der Waals surface area contributed by atoms with Gasteiger partial charge in [0.05, 0.1) is 5.69 Å². The predicted octanol–water partition coefficient (Wildman–Crippen LogP) is 2.42. The summed E-state index contributed by atoms with van der Waals surface area (Å²) >= 11 is 0.